The molecule has 7 heterocycles. The third kappa shape index (κ3) is 15.0. The van der Waals surface area contributed by atoms with E-state index in [4.69, 9.17) is 9.47 Å². The molecule has 3 atom stereocenters. The van der Waals surface area contributed by atoms with E-state index in [0.29, 0.717) is 65.9 Å². The highest BCUT2D eigenvalue weighted by atomic mass is 32.1. The number of piperazine rings is 1. The summed E-state index contributed by atoms with van der Waals surface area (Å²) in [5, 5.41) is 38.7. The van der Waals surface area contributed by atoms with Crippen molar-refractivity contribution in [2.24, 2.45) is 12.5 Å². The zero-order valence-electron chi connectivity index (χ0n) is 52.0. The van der Waals surface area contributed by atoms with Gasteiger partial charge in [0.15, 0.2) is 11.5 Å². The third-order valence-electron chi connectivity index (χ3n) is 16.9. The van der Waals surface area contributed by atoms with Crippen LogP contribution in [0, 0.1) is 18.2 Å². The van der Waals surface area contributed by atoms with Crippen molar-refractivity contribution in [2.75, 3.05) is 75.9 Å². The van der Waals surface area contributed by atoms with Crippen molar-refractivity contribution in [1.82, 2.24) is 59.5 Å². The Balaban J connectivity index is 0.583. The lowest BCUT2D eigenvalue weighted by Gasteiger charge is -2.35. The Morgan fingerprint density at radius 3 is 2.40 bits per heavy atom. The van der Waals surface area contributed by atoms with E-state index in [0.717, 1.165) is 72.0 Å². The summed E-state index contributed by atoms with van der Waals surface area (Å²) in [5.74, 6) is -1.65. The average Bonchev–Trinajstić information content (AvgIpc) is 0.929. The maximum Gasteiger partial charge on any atom is 0.293 e. The lowest BCUT2D eigenvalue weighted by atomic mass is 9.85. The summed E-state index contributed by atoms with van der Waals surface area (Å²) in [6.45, 7) is 11.6. The van der Waals surface area contributed by atoms with Crippen LogP contribution in [-0.2, 0) is 50.6 Å². The molecule has 26 heteroatoms. The second-order valence-electron chi connectivity index (χ2n) is 24.6. The number of nitrogens with zero attached hydrogens (tertiary/aromatic N) is 11. The summed E-state index contributed by atoms with van der Waals surface area (Å²) in [6.07, 6.45) is 7.41. The molecule has 11 rings (SSSR count). The quantitative estimate of drug-likeness (QED) is 0.0341. The summed E-state index contributed by atoms with van der Waals surface area (Å²) >= 11 is 1.56. The molecule has 1 aliphatic carbocycles. The maximum atomic E-state index is 15.5. The zero-order chi connectivity index (χ0) is 64.8. The Kier molecular flexibility index (Phi) is 19.9. The van der Waals surface area contributed by atoms with E-state index in [-0.39, 0.29) is 56.0 Å². The summed E-state index contributed by atoms with van der Waals surface area (Å²) in [7, 11) is 1.60. The summed E-state index contributed by atoms with van der Waals surface area (Å²) < 4.78 is 31.2. The molecule has 0 unspecified atom stereocenters. The average molecular weight is 1280 g/mol. The van der Waals surface area contributed by atoms with E-state index in [9.17, 15) is 39.0 Å². The predicted molar refractivity (Wildman–Crippen MR) is 344 cm³/mol. The van der Waals surface area contributed by atoms with Crippen LogP contribution in [0.1, 0.15) is 85.2 Å². The number of hydrogen-bond acceptors (Lipinski definition) is 19. The molecule has 3 aliphatic rings. The molecule has 5 aromatic heterocycles. The second-order valence-corrected chi connectivity index (χ2v) is 25.4. The summed E-state index contributed by atoms with van der Waals surface area (Å²) in [5.41, 5.74) is 6.41. The van der Waals surface area contributed by atoms with Crippen molar-refractivity contribution >= 4 is 62.9 Å². The lowest BCUT2D eigenvalue weighted by Crippen LogP contribution is -2.57. The number of anilines is 3. The van der Waals surface area contributed by atoms with Gasteiger partial charge in [0.2, 0.25) is 23.5 Å². The molecule has 3 amide bonds. The maximum absolute atomic E-state index is 15.5. The van der Waals surface area contributed by atoms with Crippen molar-refractivity contribution in [1.29, 1.82) is 0 Å². The number of aryl methyl sites for hydroxylation is 2. The van der Waals surface area contributed by atoms with Gasteiger partial charge >= 0.3 is 0 Å². The number of carbonyl (C=O) groups excluding carboxylic acids is 4. The molecule has 2 aliphatic heterocycles. The Morgan fingerprint density at radius 1 is 0.902 bits per heavy atom. The largest absolute Gasteiger partial charge is 0.392 e. The lowest BCUT2D eigenvalue weighted by molar-refractivity contribution is -0.144. The normalized spacial score (nSPS) is 16.5. The Labute approximate surface area is 534 Å². The number of amides is 3. The van der Waals surface area contributed by atoms with Gasteiger partial charge in [-0.2, -0.15) is 0 Å². The molecule has 0 radical (unpaired) electrons. The first kappa shape index (κ1) is 64.6. The highest BCUT2D eigenvalue weighted by Crippen LogP contribution is 2.41. The monoisotopic (exact) mass is 1270 g/mol. The van der Waals surface area contributed by atoms with Crippen LogP contribution in [0.2, 0.25) is 0 Å². The molecule has 3 fully saturated rings. The van der Waals surface area contributed by atoms with Crippen LogP contribution in [0.4, 0.5) is 21.7 Å². The first-order valence-corrected chi connectivity index (χ1v) is 31.7. The number of fused-ring (bicyclic) bond motifs is 1. The molecule has 8 aromatic rings. The highest BCUT2D eigenvalue weighted by Gasteiger charge is 2.44. The van der Waals surface area contributed by atoms with Crippen molar-refractivity contribution < 1.29 is 43.3 Å². The minimum atomic E-state index is -1.02. The smallest absolute Gasteiger partial charge is 0.293 e. The van der Waals surface area contributed by atoms with Crippen LogP contribution >= 0.6 is 11.3 Å². The van der Waals surface area contributed by atoms with E-state index in [1.54, 1.807) is 93.6 Å². The minimum Gasteiger partial charge on any atom is -0.392 e. The zero-order valence-corrected chi connectivity index (χ0v) is 52.8. The number of aromatic nitrogens is 8. The van der Waals surface area contributed by atoms with Crippen LogP contribution in [0.25, 0.3) is 38.2 Å². The number of aliphatic hydroxyl groups excluding tert-OH is 2. The van der Waals surface area contributed by atoms with Crippen LogP contribution in [-0.4, -0.2) is 166 Å². The predicted octanol–water partition coefficient (Wildman–Crippen LogP) is 5.66. The SMILES string of the molecule is Cc1ncsc1-c1ccc(CNC(=O)[C@@H]2C[C@@H](O)CN2C(=O)[C@@H](NC(=O)CCOCC(=O)c2cn(CCOCCN3CCN(c4ccc(Nc5nc(-c6cccc(-n7ccc8cc(C9CC9)cc(F)c8c7=O)c6CO)cn(C)c5=O)nc4)CC3)nn2)C(C)(C)C)cc1. The van der Waals surface area contributed by atoms with Crippen LogP contribution in [0.5, 0.6) is 0 Å². The topological polar surface area (TPSA) is 286 Å². The minimum absolute atomic E-state index is 0.00892. The molecule has 92 heavy (non-hydrogen) atoms. The number of benzene rings is 3. The second kappa shape index (κ2) is 28.3. The van der Waals surface area contributed by atoms with Gasteiger partial charge in [0.25, 0.3) is 11.1 Å². The number of thiazole rings is 1. The van der Waals surface area contributed by atoms with Crippen LogP contribution in [0.3, 0.4) is 0 Å². The first-order valence-electron chi connectivity index (χ1n) is 30.8. The van der Waals surface area contributed by atoms with Gasteiger partial charge < -0.3 is 50.0 Å². The van der Waals surface area contributed by atoms with Crippen molar-refractivity contribution in [3.05, 3.63) is 158 Å². The number of carbonyl (C=O) groups is 4. The van der Waals surface area contributed by atoms with Crippen molar-refractivity contribution in [3.63, 3.8) is 0 Å². The van der Waals surface area contributed by atoms with E-state index >= 15 is 4.39 Å². The number of pyridine rings is 2. The molecule has 0 bridgehead atoms. The van der Waals surface area contributed by atoms with Crippen LogP contribution in [0.15, 0.2) is 113 Å². The number of halogens is 1. The Bertz CT molecular complexity index is 4120. The van der Waals surface area contributed by atoms with Crippen molar-refractivity contribution in [2.45, 2.75) is 97.2 Å². The van der Waals surface area contributed by atoms with E-state index in [2.05, 4.69) is 51.0 Å². The molecule has 2 saturated heterocycles. The summed E-state index contributed by atoms with van der Waals surface area (Å²) in [6, 6.07) is 19.7. The first-order chi connectivity index (χ1) is 44.3. The number of ketones is 1. The fourth-order valence-corrected chi connectivity index (χ4v) is 12.4. The number of ether oxygens (including phenoxy) is 2. The van der Waals surface area contributed by atoms with Crippen LogP contribution < -0.4 is 32.0 Å². The Morgan fingerprint density at radius 2 is 1.68 bits per heavy atom. The van der Waals surface area contributed by atoms with Gasteiger partial charge in [-0.15, -0.1) is 16.4 Å². The van der Waals surface area contributed by atoms with Crippen molar-refractivity contribution in [3.8, 4) is 27.4 Å². The molecular formula is C66H75FN14O10S. The molecule has 1 saturated carbocycles. The van der Waals surface area contributed by atoms with Gasteiger partial charge in [-0.1, -0.05) is 68.4 Å². The number of hydrogen-bond donors (Lipinski definition) is 5. The van der Waals surface area contributed by atoms with E-state index in [1.165, 1.54) is 31.0 Å². The summed E-state index contributed by atoms with van der Waals surface area (Å²) in [4.78, 5) is 102. The number of likely N-dealkylation sites (tertiary alicyclic amines) is 1. The number of rotatable bonds is 25. The molecule has 3 aromatic carbocycles. The standard InChI is InChI=1S/C66H75FN14O10S/c1-40-59(92-39-70-40)43-11-9-41(10-12-43)32-69-62(86)54-31-47(83)34-81(54)64(88)60(66(2,3)4)73-57(85)18-26-91-38-55(84)52-36-79(75-74-52)25-28-90-27-24-77-20-22-78(23-21-77)46-15-16-56(68-33-46)72-61-65(89)76(5)35-51(71-61)48-7-6-8-53(49(48)37-82)80-19-17-44-29-45(42-13-14-42)30-50(67)58(44)63(80)87/h6-12,15-17,19,29-30,33,35-36,39,42,47,54,60,82-83H,13-14,18,20-28,31-32,34,37-38H2,1-5H3,(H,69,86)(H,73,85)(H,68,71,72)/t47-,54+,60-/m1/s1. The van der Waals surface area contributed by atoms with Gasteiger partial charge in [-0.3, -0.25) is 38.2 Å². The van der Waals surface area contributed by atoms with Gasteiger partial charge in [0.05, 0.1) is 90.0 Å². The molecule has 5 N–H and O–H groups in total. The van der Waals surface area contributed by atoms with Gasteiger partial charge in [0, 0.05) is 89.2 Å². The molecule has 24 nitrogen and oxygen atoms in total. The number of aliphatic hydroxyl groups is 2. The third-order valence-corrected chi connectivity index (χ3v) is 17.9. The van der Waals surface area contributed by atoms with Gasteiger partial charge in [-0.05, 0) is 83.5 Å². The molecule has 0 spiro atoms. The van der Waals surface area contributed by atoms with Gasteiger partial charge in [0.1, 0.15) is 30.3 Å². The highest BCUT2D eigenvalue weighted by molar-refractivity contribution is 7.13. The number of Topliss-reactive ketones (excluding diaryl/α,β-unsaturated/α-hetero) is 1. The number of β-amino-alcohol motifs (C(OH)–C–C–N with tert-alkyl or cyclic N) is 1. The molecular weight excluding hydrogens is 1200 g/mol. The fourth-order valence-electron chi connectivity index (χ4n) is 11.6. The van der Waals surface area contributed by atoms with E-state index in [1.807, 2.05) is 43.3 Å². The number of nitrogens with one attached hydrogen (secondary N) is 3. The van der Waals surface area contributed by atoms with E-state index < -0.39 is 70.7 Å². The van der Waals surface area contributed by atoms with Gasteiger partial charge in [-0.25, -0.2) is 24.0 Å². The Hall–Kier alpha value is -8.92. The molecule has 482 valence electrons. The fraction of sp³-hybridized carbons (Fsp3) is 0.409.